The lowest BCUT2D eigenvalue weighted by atomic mass is 9.85. The summed E-state index contributed by atoms with van der Waals surface area (Å²) in [4.78, 5) is 37.2. The van der Waals surface area contributed by atoms with Crippen molar-refractivity contribution in [2.75, 3.05) is 13.1 Å². The first kappa shape index (κ1) is 26.2. The number of para-hydroxylation sites is 1. The van der Waals surface area contributed by atoms with Crippen LogP contribution in [0.25, 0.3) is 10.9 Å². The number of hydrogen-bond donors (Lipinski definition) is 2. The summed E-state index contributed by atoms with van der Waals surface area (Å²) in [5, 5.41) is 6.19. The molecule has 0 bridgehead atoms. The van der Waals surface area contributed by atoms with Crippen molar-refractivity contribution in [3.05, 3.63) is 53.7 Å². The Morgan fingerprint density at radius 1 is 1.14 bits per heavy atom. The van der Waals surface area contributed by atoms with Crippen LogP contribution in [-0.4, -0.2) is 45.8 Å². The molecule has 0 saturated carbocycles. The molecule has 198 valence electrons. The van der Waals surface area contributed by atoms with Gasteiger partial charge in [0, 0.05) is 49.2 Å². The number of aromatic nitrogens is 3. The Morgan fingerprint density at radius 3 is 2.57 bits per heavy atom. The molecule has 0 fully saturated rings. The van der Waals surface area contributed by atoms with Crippen molar-refractivity contribution >= 4 is 28.9 Å². The highest BCUT2D eigenvalue weighted by molar-refractivity contribution is 6.11. The third kappa shape index (κ3) is 5.95. The fraction of sp³-hybridized carbons (Fsp3) is 0.481. The van der Waals surface area contributed by atoms with E-state index in [0.717, 1.165) is 40.8 Å². The van der Waals surface area contributed by atoms with E-state index in [-0.39, 0.29) is 31.5 Å². The molecule has 2 N–H and O–H groups in total. The average molecular weight is 511 g/mol. The number of imidazole rings is 1. The summed E-state index contributed by atoms with van der Waals surface area (Å²) in [6, 6.07) is 8.06. The zero-order chi connectivity index (χ0) is 26.7. The van der Waals surface area contributed by atoms with Crippen molar-refractivity contribution in [1.29, 1.82) is 0 Å². The maximum atomic E-state index is 13.5. The van der Waals surface area contributed by atoms with Gasteiger partial charge in [-0.15, -0.1) is 0 Å². The maximum Gasteiger partial charge on any atom is 0.410 e. The quantitative estimate of drug-likeness (QED) is 0.375. The summed E-state index contributed by atoms with van der Waals surface area (Å²) in [6.07, 6.45) is 4.28. The number of ketones is 1. The van der Waals surface area contributed by atoms with E-state index in [1.54, 1.807) is 20.8 Å². The van der Waals surface area contributed by atoms with Gasteiger partial charge in [-0.1, -0.05) is 18.2 Å². The molecule has 1 atom stereocenters. The number of amides is 2. The molecular weight excluding hydrogens is 474 g/mol. The Bertz CT molecular complexity index is 1320. The maximum absolute atomic E-state index is 13.5. The second-order valence-corrected chi connectivity index (χ2v) is 10.4. The monoisotopic (exact) mass is 510 g/mol. The van der Waals surface area contributed by atoms with E-state index in [1.807, 2.05) is 53.7 Å². The second-order valence-electron chi connectivity index (χ2n) is 10.4. The summed E-state index contributed by atoms with van der Waals surface area (Å²) in [5.74, 6) is 0.962. The molecule has 1 aliphatic carbocycles. The average Bonchev–Trinajstić information content (AvgIpc) is 3.33. The molecular formula is C27H36N5O5+. The predicted molar refractivity (Wildman–Crippen MR) is 137 cm³/mol. The molecule has 2 heterocycles. The van der Waals surface area contributed by atoms with Gasteiger partial charge in [-0.3, -0.25) is 4.79 Å². The second kappa shape index (κ2) is 10.7. The van der Waals surface area contributed by atoms with Crippen LogP contribution in [0.15, 0.2) is 36.7 Å². The van der Waals surface area contributed by atoms with Crippen LogP contribution in [0, 0.1) is 12.8 Å². The van der Waals surface area contributed by atoms with E-state index in [4.69, 9.17) is 9.47 Å². The number of alkyl carbamates (subject to hydrolysis) is 2. The minimum atomic E-state index is -0.586. The lowest BCUT2D eigenvalue weighted by molar-refractivity contribution is -0.732. The molecule has 1 aromatic carbocycles. The van der Waals surface area contributed by atoms with Gasteiger partial charge in [-0.2, -0.15) is 4.57 Å². The lowest BCUT2D eigenvalue weighted by Gasteiger charge is -2.21. The number of rotatable bonds is 7. The van der Waals surface area contributed by atoms with Crippen LogP contribution in [0.4, 0.5) is 9.59 Å². The number of carbonyl (C=O) groups is 3. The minimum absolute atomic E-state index is 0.0379. The third-order valence-electron chi connectivity index (χ3n) is 6.65. The first-order valence-corrected chi connectivity index (χ1v) is 12.6. The Labute approximate surface area is 216 Å². The highest BCUT2D eigenvalue weighted by Gasteiger charge is 2.34. The Hall–Kier alpha value is -3.82. The van der Waals surface area contributed by atoms with Crippen molar-refractivity contribution in [1.82, 2.24) is 19.8 Å². The summed E-state index contributed by atoms with van der Waals surface area (Å²) >= 11 is 0. The van der Waals surface area contributed by atoms with Gasteiger partial charge in [-0.05, 0) is 39.7 Å². The molecule has 0 aliphatic heterocycles. The first-order valence-electron chi connectivity index (χ1n) is 12.6. The number of benzene rings is 1. The fourth-order valence-corrected chi connectivity index (χ4v) is 4.77. The van der Waals surface area contributed by atoms with Crippen molar-refractivity contribution in [3.63, 3.8) is 0 Å². The molecule has 10 nitrogen and oxygen atoms in total. The van der Waals surface area contributed by atoms with Crippen LogP contribution in [-0.2, 0) is 36.2 Å². The van der Waals surface area contributed by atoms with Gasteiger partial charge in [0.05, 0.1) is 5.92 Å². The topological polar surface area (TPSA) is 107 Å². The number of aryl methyl sites for hydroxylation is 1. The molecule has 2 aromatic heterocycles. The number of nitrogens with one attached hydrogen (secondary N) is 2. The van der Waals surface area contributed by atoms with Crippen LogP contribution >= 0.6 is 0 Å². The molecule has 0 radical (unpaired) electrons. The number of carbonyl (C=O) groups excluding carboxylic acids is 3. The smallest absolute Gasteiger partial charge is 0.410 e. The molecule has 10 heteroatoms. The van der Waals surface area contributed by atoms with Crippen LogP contribution < -0.4 is 15.2 Å². The van der Waals surface area contributed by atoms with E-state index >= 15 is 0 Å². The standard InChI is InChI=1S/C27H35N5O5/c1-18-31(14-15-32(18)17-36-25(34)28-12-13-29-26(35)37-27(2,3)4)16-19-10-11-22-23(24(19)33)20-8-6-7-9-21(20)30(22)5/h6-9,14-15,19H,10-13,16-17H2,1-5H3,(H-,28,29,34,35)/p+1. The minimum Gasteiger partial charge on any atom is -0.444 e. The molecule has 2 amide bonds. The van der Waals surface area contributed by atoms with Gasteiger partial charge in [0.2, 0.25) is 6.73 Å². The molecule has 3 aromatic rings. The van der Waals surface area contributed by atoms with Crippen molar-refractivity contribution < 1.29 is 28.4 Å². The Kier molecular flexibility index (Phi) is 7.56. The van der Waals surface area contributed by atoms with Crippen LogP contribution in [0.2, 0.25) is 0 Å². The van der Waals surface area contributed by atoms with Gasteiger partial charge in [0.1, 0.15) is 24.5 Å². The molecule has 37 heavy (non-hydrogen) atoms. The highest BCUT2D eigenvalue weighted by atomic mass is 16.6. The van der Waals surface area contributed by atoms with Crippen molar-refractivity contribution in [2.24, 2.45) is 13.0 Å². The largest absolute Gasteiger partial charge is 0.444 e. The van der Waals surface area contributed by atoms with E-state index in [2.05, 4.69) is 21.3 Å². The summed E-state index contributed by atoms with van der Waals surface area (Å²) in [7, 11) is 2.03. The normalized spacial score (nSPS) is 15.4. The predicted octanol–water partition coefficient (Wildman–Crippen LogP) is 3.23. The van der Waals surface area contributed by atoms with Crippen LogP contribution in [0.5, 0.6) is 0 Å². The van der Waals surface area contributed by atoms with Gasteiger partial charge in [0.15, 0.2) is 5.78 Å². The van der Waals surface area contributed by atoms with Crippen LogP contribution in [0.3, 0.4) is 0 Å². The summed E-state index contributed by atoms with van der Waals surface area (Å²) < 4.78 is 16.4. The van der Waals surface area contributed by atoms with Gasteiger partial charge in [0.25, 0.3) is 5.82 Å². The summed E-state index contributed by atoms with van der Waals surface area (Å²) in [6.45, 7) is 8.32. The highest BCUT2D eigenvalue weighted by Crippen LogP contribution is 2.34. The molecule has 0 spiro atoms. The van der Waals surface area contributed by atoms with Crippen LogP contribution in [0.1, 0.15) is 49.1 Å². The van der Waals surface area contributed by atoms with E-state index in [9.17, 15) is 14.4 Å². The molecule has 0 saturated heterocycles. The van der Waals surface area contributed by atoms with E-state index in [1.165, 1.54) is 0 Å². The molecule has 1 aliphatic rings. The third-order valence-corrected chi connectivity index (χ3v) is 6.65. The number of nitrogens with zero attached hydrogens (tertiary/aromatic N) is 3. The van der Waals surface area contributed by atoms with E-state index < -0.39 is 17.8 Å². The zero-order valence-corrected chi connectivity index (χ0v) is 22.2. The number of Topliss-reactive ketones (excluding diaryl/α,β-unsaturated/α-hetero) is 1. The fourth-order valence-electron chi connectivity index (χ4n) is 4.77. The Balaban J connectivity index is 1.28. The summed E-state index contributed by atoms with van der Waals surface area (Å²) in [5.41, 5.74) is 2.48. The SMILES string of the molecule is Cc1n(CC2CCc3c(c4ccccc4n3C)C2=O)cc[n+]1COC(=O)NCCNC(=O)OC(C)(C)C. The first-order chi connectivity index (χ1) is 17.5. The lowest BCUT2D eigenvalue weighted by Crippen LogP contribution is -2.42. The Morgan fingerprint density at radius 2 is 1.84 bits per heavy atom. The number of ether oxygens (including phenoxy) is 2. The molecule has 4 rings (SSSR count). The van der Waals surface area contributed by atoms with E-state index in [0.29, 0.717) is 6.54 Å². The number of fused-ring (bicyclic) bond motifs is 3. The van der Waals surface area contributed by atoms with Crippen molar-refractivity contribution in [2.45, 2.75) is 59.4 Å². The van der Waals surface area contributed by atoms with Gasteiger partial charge >= 0.3 is 12.2 Å². The van der Waals surface area contributed by atoms with Gasteiger partial charge < -0.3 is 24.7 Å². The zero-order valence-electron chi connectivity index (χ0n) is 22.2. The van der Waals surface area contributed by atoms with Gasteiger partial charge in [-0.25, -0.2) is 14.2 Å². The van der Waals surface area contributed by atoms with Crippen molar-refractivity contribution in [3.8, 4) is 0 Å². The number of hydrogen-bond acceptors (Lipinski definition) is 5. The molecule has 1 unspecified atom stereocenters.